The molecule has 5 heteroatoms. The van der Waals surface area contributed by atoms with Crippen molar-refractivity contribution >= 4 is 0 Å². The number of nitrogens with zero attached hydrogens (tertiary/aromatic N) is 1. The Hall–Kier alpha value is -1.98. The molecule has 1 N–H and O–H groups in total. The molecule has 142 valence electrons. The van der Waals surface area contributed by atoms with E-state index >= 15 is 0 Å². The Morgan fingerprint density at radius 1 is 1.08 bits per heavy atom. The van der Waals surface area contributed by atoms with Gasteiger partial charge in [-0.05, 0) is 30.5 Å². The molecule has 0 radical (unpaired) electrons. The molecule has 0 heterocycles. The number of benzene rings is 2. The summed E-state index contributed by atoms with van der Waals surface area (Å²) >= 11 is 0. The van der Waals surface area contributed by atoms with E-state index in [-0.39, 0.29) is 6.61 Å². The van der Waals surface area contributed by atoms with Crippen LogP contribution in [0.2, 0.25) is 0 Å². The number of aliphatic hydroxyl groups is 1. The molecule has 0 unspecified atom stereocenters. The molecule has 0 saturated heterocycles. The Balaban J connectivity index is 1.96. The maximum absolute atomic E-state index is 13.9. The second kappa shape index (κ2) is 9.64. The monoisotopic (exact) mass is 363 g/mol. The van der Waals surface area contributed by atoms with Crippen LogP contribution in [0.5, 0.6) is 5.75 Å². The maximum Gasteiger partial charge on any atom is 0.130 e. The van der Waals surface area contributed by atoms with Gasteiger partial charge in [0.1, 0.15) is 30.1 Å². The van der Waals surface area contributed by atoms with Crippen molar-refractivity contribution in [2.75, 3.05) is 19.7 Å². The van der Waals surface area contributed by atoms with Crippen LogP contribution in [0, 0.1) is 24.5 Å². The zero-order valence-electron chi connectivity index (χ0n) is 15.6. The van der Waals surface area contributed by atoms with E-state index in [1.54, 1.807) is 0 Å². The van der Waals surface area contributed by atoms with Crippen molar-refractivity contribution in [3.8, 4) is 5.75 Å². The molecule has 0 amide bonds. The second-order valence-electron chi connectivity index (χ2n) is 7.05. The lowest BCUT2D eigenvalue weighted by Crippen LogP contribution is -2.37. The molecular weight excluding hydrogens is 336 g/mol. The van der Waals surface area contributed by atoms with Crippen LogP contribution in [0.4, 0.5) is 8.78 Å². The van der Waals surface area contributed by atoms with Gasteiger partial charge < -0.3 is 9.84 Å². The zero-order valence-corrected chi connectivity index (χ0v) is 15.6. The number of ether oxygens (including phenoxy) is 1. The number of para-hydroxylation sites is 1. The Kier molecular flexibility index (Phi) is 7.54. The van der Waals surface area contributed by atoms with Crippen molar-refractivity contribution < 1.29 is 18.6 Å². The third kappa shape index (κ3) is 6.39. The fourth-order valence-corrected chi connectivity index (χ4v) is 2.87. The highest BCUT2D eigenvalue weighted by molar-refractivity contribution is 5.31. The van der Waals surface area contributed by atoms with E-state index in [1.807, 2.05) is 36.1 Å². The minimum Gasteiger partial charge on any atom is -0.491 e. The van der Waals surface area contributed by atoms with Crippen molar-refractivity contribution in [3.63, 3.8) is 0 Å². The smallest absolute Gasteiger partial charge is 0.130 e. The average Bonchev–Trinajstić information content (AvgIpc) is 2.56. The van der Waals surface area contributed by atoms with Crippen LogP contribution in [0.1, 0.15) is 25.0 Å². The third-order valence-corrected chi connectivity index (χ3v) is 4.03. The van der Waals surface area contributed by atoms with Crippen LogP contribution in [0.25, 0.3) is 0 Å². The lowest BCUT2D eigenvalue weighted by Gasteiger charge is -2.27. The van der Waals surface area contributed by atoms with Crippen LogP contribution in [-0.4, -0.2) is 35.8 Å². The number of rotatable bonds is 9. The van der Waals surface area contributed by atoms with E-state index in [9.17, 15) is 13.9 Å². The largest absolute Gasteiger partial charge is 0.491 e. The summed E-state index contributed by atoms with van der Waals surface area (Å²) < 4.78 is 32.7. The SMILES string of the molecule is Cc1ccccc1OC[C@H](O)CN(Cc1ccc(F)cc1F)CC(C)C. The van der Waals surface area contributed by atoms with Gasteiger partial charge in [0.15, 0.2) is 0 Å². The Morgan fingerprint density at radius 3 is 2.46 bits per heavy atom. The molecule has 3 nitrogen and oxygen atoms in total. The van der Waals surface area contributed by atoms with Gasteiger partial charge in [-0.25, -0.2) is 8.78 Å². The fraction of sp³-hybridized carbons (Fsp3) is 0.429. The number of aryl methyl sites for hydroxylation is 1. The molecule has 2 rings (SSSR count). The number of halogens is 2. The molecular formula is C21H27F2NO2. The molecule has 1 atom stereocenters. The summed E-state index contributed by atoms with van der Waals surface area (Å²) in [5.41, 5.74) is 1.42. The van der Waals surface area contributed by atoms with Gasteiger partial charge in [0.25, 0.3) is 0 Å². The highest BCUT2D eigenvalue weighted by Gasteiger charge is 2.16. The molecule has 0 bridgehead atoms. The summed E-state index contributed by atoms with van der Waals surface area (Å²) in [4.78, 5) is 1.97. The third-order valence-electron chi connectivity index (χ3n) is 4.03. The number of hydrogen-bond donors (Lipinski definition) is 1. The van der Waals surface area contributed by atoms with Crippen molar-refractivity contribution in [2.24, 2.45) is 5.92 Å². The van der Waals surface area contributed by atoms with Gasteiger partial charge in [0, 0.05) is 31.3 Å². The molecule has 0 aromatic heterocycles. The van der Waals surface area contributed by atoms with Crippen molar-refractivity contribution in [3.05, 3.63) is 65.2 Å². The van der Waals surface area contributed by atoms with Crippen LogP contribution in [0.15, 0.2) is 42.5 Å². The zero-order chi connectivity index (χ0) is 19.1. The maximum atomic E-state index is 13.9. The van der Waals surface area contributed by atoms with E-state index < -0.39 is 17.7 Å². The van der Waals surface area contributed by atoms with Crippen LogP contribution < -0.4 is 4.74 Å². The molecule has 2 aromatic rings. The summed E-state index contributed by atoms with van der Waals surface area (Å²) in [6, 6.07) is 11.2. The van der Waals surface area contributed by atoms with Crippen LogP contribution in [0.3, 0.4) is 0 Å². The Bertz CT molecular complexity index is 706. The molecule has 0 aliphatic carbocycles. The van der Waals surface area contributed by atoms with Crippen LogP contribution in [-0.2, 0) is 6.54 Å². The fourth-order valence-electron chi connectivity index (χ4n) is 2.87. The molecule has 26 heavy (non-hydrogen) atoms. The summed E-state index contributed by atoms with van der Waals surface area (Å²) in [5, 5.41) is 10.4. The molecule has 0 saturated carbocycles. The number of hydrogen-bond acceptors (Lipinski definition) is 3. The molecule has 0 fully saturated rings. The summed E-state index contributed by atoms with van der Waals surface area (Å²) in [6.07, 6.45) is -0.711. The van der Waals surface area contributed by atoms with Gasteiger partial charge in [-0.1, -0.05) is 38.1 Å². The first-order valence-corrected chi connectivity index (χ1v) is 8.88. The minimum absolute atomic E-state index is 0.158. The predicted octanol–water partition coefficient (Wildman–Crippen LogP) is 4.17. The lowest BCUT2D eigenvalue weighted by atomic mass is 10.1. The van der Waals surface area contributed by atoms with Gasteiger partial charge in [-0.15, -0.1) is 0 Å². The van der Waals surface area contributed by atoms with Gasteiger partial charge in [-0.2, -0.15) is 0 Å². The topological polar surface area (TPSA) is 32.7 Å². The first kappa shape index (κ1) is 20.3. The summed E-state index contributed by atoms with van der Waals surface area (Å²) in [5.74, 6) is -0.0627. The van der Waals surface area contributed by atoms with Crippen molar-refractivity contribution in [2.45, 2.75) is 33.4 Å². The molecule has 0 spiro atoms. The highest BCUT2D eigenvalue weighted by atomic mass is 19.1. The molecule has 2 aromatic carbocycles. The Labute approximate surface area is 154 Å². The normalized spacial score (nSPS) is 12.6. The van der Waals surface area contributed by atoms with Crippen LogP contribution >= 0.6 is 0 Å². The van der Waals surface area contributed by atoms with Gasteiger partial charge in [-0.3, -0.25) is 4.90 Å². The van der Waals surface area contributed by atoms with Gasteiger partial charge in [0.05, 0.1) is 0 Å². The molecule has 0 aliphatic heterocycles. The minimum atomic E-state index is -0.711. The van der Waals surface area contributed by atoms with E-state index in [2.05, 4.69) is 13.8 Å². The van der Waals surface area contributed by atoms with E-state index in [0.717, 1.165) is 17.4 Å². The molecule has 0 aliphatic rings. The highest BCUT2D eigenvalue weighted by Crippen LogP contribution is 2.17. The quantitative estimate of drug-likeness (QED) is 0.726. The first-order valence-electron chi connectivity index (χ1n) is 8.88. The first-order chi connectivity index (χ1) is 12.3. The van der Waals surface area contributed by atoms with E-state index in [1.165, 1.54) is 12.1 Å². The standard InChI is InChI=1S/C21H27F2NO2/c1-15(2)11-24(12-17-8-9-18(22)10-20(17)23)13-19(25)14-26-21-7-5-4-6-16(21)3/h4-10,15,19,25H,11-14H2,1-3H3/t19-/m1/s1. The van der Waals surface area contributed by atoms with Crippen molar-refractivity contribution in [1.82, 2.24) is 4.90 Å². The summed E-state index contributed by atoms with van der Waals surface area (Å²) in [7, 11) is 0. The van der Waals surface area contributed by atoms with Gasteiger partial charge in [0.2, 0.25) is 0 Å². The predicted molar refractivity (Wildman–Crippen MR) is 99.2 cm³/mol. The van der Waals surface area contributed by atoms with E-state index in [4.69, 9.17) is 4.74 Å². The van der Waals surface area contributed by atoms with Gasteiger partial charge >= 0.3 is 0 Å². The van der Waals surface area contributed by atoms with Crippen molar-refractivity contribution in [1.29, 1.82) is 0 Å². The summed E-state index contributed by atoms with van der Waals surface area (Å²) in [6.45, 7) is 7.58. The second-order valence-corrected chi connectivity index (χ2v) is 7.05. The Morgan fingerprint density at radius 2 is 1.81 bits per heavy atom. The number of aliphatic hydroxyl groups excluding tert-OH is 1. The van der Waals surface area contributed by atoms with E-state index in [0.29, 0.717) is 31.1 Å². The lowest BCUT2D eigenvalue weighted by molar-refractivity contribution is 0.0609. The average molecular weight is 363 g/mol.